The molecule has 6 heteroatoms. The summed E-state index contributed by atoms with van der Waals surface area (Å²) in [6.07, 6.45) is 2.13. The highest BCUT2D eigenvalue weighted by Crippen LogP contribution is 2.07. The average Bonchev–Trinajstić information content (AvgIpc) is 2.90. The predicted octanol–water partition coefficient (Wildman–Crippen LogP) is 2.01. The third-order valence-electron chi connectivity index (χ3n) is 2.64. The van der Waals surface area contributed by atoms with E-state index >= 15 is 0 Å². The second kappa shape index (κ2) is 8.37. The Kier molecular flexibility index (Phi) is 6.79. The van der Waals surface area contributed by atoms with E-state index in [9.17, 15) is 9.59 Å². The molecule has 0 aliphatic carbocycles. The third-order valence-corrected chi connectivity index (χ3v) is 2.64. The minimum absolute atomic E-state index is 0.0858. The first-order valence-electron chi connectivity index (χ1n) is 6.67. The van der Waals surface area contributed by atoms with Crippen LogP contribution in [0.5, 0.6) is 0 Å². The van der Waals surface area contributed by atoms with Gasteiger partial charge in [-0.25, -0.2) is 0 Å². The van der Waals surface area contributed by atoms with E-state index in [0.717, 1.165) is 0 Å². The van der Waals surface area contributed by atoms with Gasteiger partial charge in [-0.15, -0.1) is 0 Å². The van der Waals surface area contributed by atoms with E-state index < -0.39 is 5.97 Å². The van der Waals surface area contributed by atoms with Crippen molar-refractivity contribution in [2.45, 2.75) is 32.8 Å². The minimum atomic E-state index is -0.930. The number of carboxylic acids is 1. The van der Waals surface area contributed by atoms with Gasteiger partial charge in [-0.05, 0) is 32.4 Å². The molecule has 0 unspecified atom stereocenters. The quantitative estimate of drug-likeness (QED) is 0.701. The fourth-order valence-corrected chi connectivity index (χ4v) is 1.68. The summed E-state index contributed by atoms with van der Waals surface area (Å²) < 4.78 is 10.5. The Bertz CT molecular complexity index is 413. The zero-order chi connectivity index (χ0) is 15.0. The monoisotopic (exact) mass is 283 g/mol. The van der Waals surface area contributed by atoms with Crippen LogP contribution in [0.3, 0.4) is 0 Å². The van der Waals surface area contributed by atoms with Crippen LogP contribution in [0.1, 0.15) is 37.2 Å². The van der Waals surface area contributed by atoms with Crippen molar-refractivity contribution in [2.75, 3.05) is 19.7 Å². The van der Waals surface area contributed by atoms with Crippen LogP contribution in [0.2, 0.25) is 0 Å². The van der Waals surface area contributed by atoms with Gasteiger partial charge in [0.05, 0.1) is 18.8 Å². The molecular formula is C14H21NO5. The SMILES string of the molecule is CC(C)OCCCN(CCC(=O)O)C(=O)c1ccco1. The van der Waals surface area contributed by atoms with Crippen LogP contribution >= 0.6 is 0 Å². The third kappa shape index (κ3) is 5.88. The van der Waals surface area contributed by atoms with Gasteiger partial charge >= 0.3 is 5.97 Å². The fourth-order valence-electron chi connectivity index (χ4n) is 1.68. The predicted molar refractivity (Wildman–Crippen MR) is 72.6 cm³/mol. The van der Waals surface area contributed by atoms with Crippen LogP contribution in [-0.2, 0) is 9.53 Å². The van der Waals surface area contributed by atoms with Crippen LogP contribution in [0.25, 0.3) is 0 Å². The van der Waals surface area contributed by atoms with Gasteiger partial charge < -0.3 is 19.2 Å². The molecule has 0 saturated carbocycles. The maximum atomic E-state index is 12.1. The number of ether oxygens (including phenoxy) is 1. The first-order chi connectivity index (χ1) is 9.50. The average molecular weight is 283 g/mol. The smallest absolute Gasteiger partial charge is 0.305 e. The van der Waals surface area contributed by atoms with Crippen LogP contribution in [0.4, 0.5) is 0 Å². The zero-order valence-electron chi connectivity index (χ0n) is 11.9. The lowest BCUT2D eigenvalue weighted by Gasteiger charge is -2.21. The van der Waals surface area contributed by atoms with Crippen molar-refractivity contribution >= 4 is 11.9 Å². The van der Waals surface area contributed by atoms with E-state index in [1.54, 1.807) is 12.1 Å². The molecular weight excluding hydrogens is 262 g/mol. The molecule has 0 bridgehead atoms. The summed E-state index contributed by atoms with van der Waals surface area (Å²) in [6.45, 7) is 5.02. The number of carboxylic acid groups (broad SMARTS) is 1. The van der Waals surface area contributed by atoms with Crippen molar-refractivity contribution in [2.24, 2.45) is 0 Å². The number of hydrogen-bond acceptors (Lipinski definition) is 4. The van der Waals surface area contributed by atoms with E-state index in [-0.39, 0.29) is 30.7 Å². The number of aliphatic carboxylic acids is 1. The Morgan fingerprint density at radius 1 is 1.40 bits per heavy atom. The Hall–Kier alpha value is -1.82. The fraction of sp³-hybridized carbons (Fsp3) is 0.571. The molecule has 0 spiro atoms. The Balaban J connectivity index is 2.51. The number of carbonyl (C=O) groups is 2. The van der Waals surface area contributed by atoms with Crippen LogP contribution in [0.15, 0.2) is 22.8 Å². The second-order valence-corrected chi connectivity index (χ2v) is 4.69. The standard InChI is InChI=1S/C14H21NO5/c1-11(2)19-10-4-7-15(8-6-13(16)17)14(18)12-5-3-9-20-12/h3,5,9,11H,4,6-8,10H2,1-2H3,(H,16,17). The summed E-state index contributed by atoms with van der Waals surface area (Å²) >= 11 is 0. The number of hydrogen-bond donors (Lipinski definition) is 1. The molecule has 1 aromatic rings. The Morgan fingerprint density at radius 3 is 2.70 bits per heavy atom. The molecule has 1 N–H and O–H groups in total. The normalized spacial score (nSPS) is 10.8. The second-order valence-electron chi connectivity index (χ2n) is 4.69. The Labute approximate surface area is 118 Å². The van der Waals surface area contributed by atoms with Gasteiger partial charge in [-0.3, -0.25) is 9.59 Å². The van der Waals surface area contributed by atoms with Crippen molar-refractivity contribution in [1.82, 2.24) is 4.90 Å². The van der Waals surface area contributed by atoms with Gasteiger partial charge in [-0.2, -0.15) is 0 Å². The van der Waals surface area contributed by atoms with Gasteiger partial charge in [0.15, 0.2) is 5.76 Å². The molecule has 6 nitrogen and oxygen atoms in total. The molecule has 0 aromatic carbocycles. The van der Waals surface area contributed by atoms with Gasteiger partial charge in [0, 0.05) is 19.7 Å². The molecule has 112 valence electrons. The highest BCUT2D eigenvalue weighted by molar-refractivity contribution is 5.91. The van der Waals surface area contributed by atoms with E-state index in [1.807, 2.05) is 13.8 Å². The maximum Gasteiger partial charge on any atom is 0.305 e. The minimum Gasteiger partial charge on any atom is -0.481 e. The lowest BCUT2D eigenvalue weighted by Crippen LogP contribution is -2.34. The molecule has 1 rings (SSSR count). The van der Waals surface area contributed by atoms with Crippen LogP contribution < -0.4 is 0 Å². The van der Waals surface area contributed by atoms with Gasteiger partial charge in [-0.1, -0.05) is 0 Å². The van der Waals surface area contributed by atoms with Crippen LogP contribution in [-0.4, -0.2) is 47.7 Å². The highest BCUT2D eigenvalue weighted by Gasteiger charge is 2.18. The Morgan fingerprint density at radius 2 is 2.15 bits per heavy atom. The molecule has 1 amide bonds. The number of amides is 1. The van der Waals surface area contributed by atoms with Gasteiger partial charge in [0.1, 0.15) is 0 Å². The lowest BCUT2D eigenvalue weighted by molar-refractivity contribution is -0.137. The summed E-state index contributed by atoms with van der Waals surface area (Å²) in [7, 11) is 0. The largest absolute Gasteiger partial charge is 0.481 e. The van der Waals surface area contributed by atoms with Crippen molar-refractivity contribution in [1.29, 1.82) is 0 Å². The topological polar surface area (TPSA) is 80.0 Å². The lowest BCUT2D eigenvalue weighted by atomic mass is 10.3. The van der Waals surface area contributed by atoms with E-state index in [1.165, 1.54) is 11.2 Å². The summed E-state index contributed by atoms with van der Waals surface area (Å²) in [5.74, 6) is -0.998. The van der Waals surface area contributed by atoms with E-state index in [2.05, 4.69) is 0 Å². The van der Waals surface area contributed by atoms with E-state index in [0.29, 0.717) is 19.6 Å². The molecule has 0 saturated heterocycles. The first-order valence-corrected chi connectivity index (χ1v) is 6.67. The maximum absolute atomic E-state index is 12.1. The number of furan rings is 1. The van der Waals surface area contributed by atoms with Gasteiger partial charge in [0.25, 0.3) is 5.91 Å². The van der Waals surface area contributed by atoms with Crippen LogP contribution in [0, 0.1) is 0 Å². The van der Waals surface area contributed by atoms with Crippen molar-refractivity contribution in [3.63, 3.8) is 0 Å². The van der Waals surface area contributed by atoms with Crippen molar-refractivity contribution < 1.29 is 23.8 Å². The molecule has 0 aliphatic heterocycles. The highest BCUT2D eigenvalue weighted by atomic mass is 16.5. The van der Waals surface area contributed by atoms with Gasteiger partial charge in [0.2, 0.25) is 0 Å². The summed E-state index contributed by atoms with van der Waals surface area (Å²) in [5, 5.41) is 8.73. The molecule has 0 radical (unpaired) electrons. The number of rotatable bonds is 9. The molecule has 0 aliphatic rings. The molecule has 1 heterocycles. The van der Waals surface area contributed by atoms with Crippen molar-refractivity contribution in [3.8, 4) is 0 Å². The molecule has 20 heavy (non-hydrogen) atoms. The molecule has 0 fully saturated rings. The summed E-state index contributed by atoms with van der Waals surface area (Å²) in [6, 6.07) is 3.20. The van der Waals surface area contributed by atoms with Crippen molar-refractivity contribution in [3.05, 3.63) is 24.2 Å². The number of carbonyl (C=O) groups excluding carboxylic acids is 1. The molecule has 0 atom stereocenters. The summed E-state index contributed by atoms with van der Waals surface area (Å²) in [4.78, 5) is 24.3. The van der Waals surface area contributed by atoms with E-state index in [4.69, 9.17) is 14.3 Å². The zero-order valence-corrected chi connectivity index (χ0v) is 11.9. The molecule has 1 aromatic heterocycles. The summed E-state index contributed by atoms with van der Waals surface area (Å²) in [5.41, 5.74) is 0. The first kappa shape index (κ1) is 16.2. The number of nitrogens with zero attached hydrogens (tertiary/aromatic N) is 1.